The Labute approximate surface area is 259 Å². The highest BCUT2D eigenvalue weighted by atomic mass is 35.5. The number of halogens is 1. The maximum atomic E-state index is 13.9. The van der Waals surface area contributed by atoms with E-state index < -0.39 is 5.60 Å². The number of benzene rings is 3. The van der Waals surface area contributed by atoms with E-state index in [1.54, 1.807) is 7.11 Å². The van der Waals surface area contributed by atoms with Gasteiger partial charge in [0.2, 0.25) is 5.91 Å². The standard InChI is InChI=1S/C35H41ClN2O5/c1-22(2)43-32-19-30-24(17-31(32)41-4)18-33(39)38(34(30)23-5-9-27(36)10-6-23)28-11-7-25(8-12-28)35(3,40)26-13-15-37(16-14-26)29-20-42-21-29/h5-12,17,19,22,26,29,34,40H,13-16,18,20-21H2,1-4H3/t34-,35?/m0/s1. The van der Waals surface area contributed by atoms with Gasteiger partial charge in [0.15, 0.2) is 11.5 Å². The molecule has 8 heteroatoms. The van der Waals surface area contributed by atoms with Crippen LogP contribution < -0.4 is 14.4 Å². The number of fused-ring (bicyclic) bond motifs is 1. The lowest BCUT2D eigenvalue weighted by atomic mass is 9.77. The van der Waals surface area contributed by atoms with E-state index in [4.69, 9.17) is 25.8 Å². The molecule has 0 spiro atoms. The molecule has 43 heavy (non-hydrogen) atoms. The molecule has 6 rings (SSSR count). The van der Waals surface area contributed by atoms with Crippen LogP contribution in [0.1, 0.15) is 61.9 Å². The SMILES string of the molecule is COc1cc2c(cc1OC(C)C)[C@H](c1ccc(Cl)cc1)N(c1ccc(C(C)(O)C3CCN(C4COC4)CC3)cc1)C(=O)C2. The zero-order chi connectivity index (χ0) is 30.3. The molecule has 3 aromatic carbocycles. The first-order chi connectivity index (χ1) is 20.7. The molecular formula is C35H41ClN2O5. The fourth-order valence-corrected chi connectivity index (χ4v) is 6.91. The zero-order valence-corrected chi connectivity index (χ0v) is 26.1. The van der Waals surface area contributed by atoms with Gasteiger partial charge in [-0.15, -0.1) is 0 Å². The van der Waals surface area contributed by atoms with Crippen LogP contribution in [0, 0.1) is 5.92 Å². The topological polar surface area (TPSA) is 71.5 Å². The quantitative estimate of drug-likeness (QED) is 0.333. The Hall–Kier alpha value is -3.10. The predicted octanol–water partition coefficient (Wildman–Crippen LogP) is 6.13. The van der Waals surface area contributed by atoms with Crippen molar-refractivity contribution in [2.24, 2.45) is 5.92 Å². The first-order valence-electron chi connectivity index (χ1n) is 15.3. The number of likely N-dealkylation sites (tertiary alicyclic amines) is 1. The molecule has 0 bridgehead atoms. The third kappa shape index (κ3) is 5.88. The van der Waals surface area contributed by atoms with Crippen molar-refractivity contribution in [3.05, 3.63) is 87.9 Å². The minimum Gasteiger partial charge on any atom is -0.493 e. The van der Waals surface area contributed by atoms with Crippen LogP contribution in [0.15, 0.2) is 60.7 Å². The summed E-state index contributed by atoms with van der Waals surface area (Å²) in [6, 6.07) is 19.6. The van der Waals surface area contributed by atoms with Gasteiger partial charge in [-0.25, -0.2) is 0 Å². The Morgan fingerprint density at radius 1 is 1.00 bits per heavy atom. The average molecular weight is 605 g/mol. The van der Waals surface area contributed by atoms with E-state index in [-0.39, 0.29) is 30.4 Å². The Kier molecular flexibility index (Phi) is 8.44. The summed E-state index contributed by atoms with van der Waals surface area (Å²) in [6.45, 7) is 9.48. The highest BCUT2D eigenvalue weighted by molar-refractivity contribution is 6.30. The number of aliphatic hydroxyl groups is 1. The van der Waals surface area contributed by atoms with E-state index in [0.717, 1.165) is 67.1 Å². The second kappa shape index (κ2) is 12.1. The summed E-state index contributed by atoms with van der Waals surface area (Å²) >= 11 is 6.26. The summed E-state index contributed by atoms with van der Waals surface area (Å²) in [6.07, 6.45) is 2.08. The lowest BCUT2D eigenvalue weighted by Crippen LogP contribution is -2.53. The second-order valence-electron chi connectivity index (χ2n) is 12.5. The van der Waals surface area contributed by atoms with E-state index in [1.807, 2.05) is 86.3 Å². The molecule has 2 atom stereocenters. The summed E-state index contributed by atoms with van der Waals surface area (Å²) < 4.78 is 17.1. The van der Waals surface area contributed by atoms with Crippen molar-refractivity contribution in [1.29, 1.82) is 0 Å². The van der Waals surface area contributed by atoms with Crippen molar-refractivity contribution >= 4 is 23.2 Å². The Balaban J connectivity index is 1.32. The zero-order valence-electron chi connectivity index (χ0n) is 25.4. The highest BCUT2D eigenvalue weighted by Gasteiger charge is 2.40. The average Bonchev–Trinajstić information content (AvgIpc) is 2.96. The van der Waals surface area contributed by atoms with Gasteiger partial charge in [-0.05, 0) is 111 Å². The smallest absolute Gasteiger partial charge is 0.232 e. The van der Waals surface area contributed by atoms with E-state index in [9.17, 15) is 9.90 Å². The molecule has 0 aliphatic carbocycles. The second-order valence-corrected chi connectivity index (χ2v) is 12.9. The molecule has 3 aromatic rings. The Morgan fingerprint density at radius 2 is 1.67 bits per heavy atom. The molecule has 3 heterocycles. The first kappa shape index (κ1) is 29.9. The molecule has 1 N–H and O–H groups in total. The van der Waals surface area contributed by atoms with Gasteiger partial charge < -0.3 is 24.2 Å². The Bertz CT molecular complexity index is 1440. The fourth-order valence-electron chi connectivity index (χ4n) is 6.78. The molecule has 1 amide bonds. The molecule has 1 unspecified atom stereocenters. The van der Waals surface area contributed by atoms with E-state index in [0.29, 0.717) is 22.6 Å². The van der Waals surface area contributed by atoms with Crippen LogP contribution in [0.4, 0.5) is 5.69 Å². The fraction of sp³-hybridized carbons (Fsp3) is 0.457. The van der Waals surface area contributed by atoms with Crippen LogP contribution in [-0.4, -0.2) is 61.5 Å². The molecule has 0 saturated carbocycles. The van der Waals surface area contributed by atoms with Gasteiger partial charge in [0.25, 0.3) is 0 Å². The monoisotopic (exact) mass is 604 g/mol. The van der Waals surface area contributed by atoms with E-state index in [1.165, 1.54) is 0 Å². The van der Waals surface area contributed by atoms with Gasteiger partial charge in [-0.3, -0.25) is 9.69 Å². The van der Waals surface area contributed by atoms with Crippen molar-refractivity contribution in [2.75, 3.05) is 38.3 Å². The van der Waals surface area contributed by atoms with Crippen LogP contribution in [-0.2, 0) is 21.6 Å². The predicted molar refractivity (Wildman–Crippen MR) is 168 cm³/mol. The van der Waals surface area contributed by atoms with Gasteiger partial charge in [0.1, 0.15) is 0 Å². The minimum absolute atomic E-state index is 0.0149. The number of carbonyl (C=O) groups is 1. The van der Waals surface area contributed by atoms with Gasteiger partial charge in [-0.2, -0.15) is 0 Å². The van der Waals surface area contributed by atoms with Crippen molar-refractivity contribution in [2.45, 2.75) is 63.8 Å². The van der Waals surface area contributed by atoms with Crippen LogP contribution in [0.5, 0.6) is 11.5 Å². The van der Waals surface area contributed by atoms with Crippen LogP contribution >= 0.6 is 11.6 Å². The lowest BCUT2D eigenvalue weighted by Gasteiger charge is -2.44. The molecule has 228 valence electrons. The number of piperidine rings is 1. The van der Waals surface area contributed by atoms with Crippen LogP contribution in [0.3, 0.4) is 0 Å². The summed E-state index contributed by atoms with van der Waals surface area (Å²) in [5.41, 5.74) is 3.52. The summed E-state index contributed by atoms with van der Waals surface area (Å²) in [4.78, 5) is 18.2. The summed E-state index contributed by atoms with van der Waals surface area (Å²) in [5.74, 6) is 1.41. The first-order valence-corrected chi connectivity index (χ1v) is 15.6. The number of ether oxygens (including phenoxy) is 3. The number of carbonyl (C=O) groups excluding carboxylic acids is 1. The van der Waals surface area contributed by atoms with Crippen molar-refractivity contribution < 1.29 is 24.1 Å². The molecule has 0 radical (unpaired) electrons. The Morgan fingerprint density at radius 3 is 2.26 bits per heavy atom. The number of hydrogen-bond donors (Lipinski definition) is 1. The highest BCUT2D eigenvalue weighted by Crippen LogP contribution is 2.44. The maximum absolute atomic E-state index is 13.9. The van der Waals surface area contributed by atoms with Gasteiger partial charge >= 0.3 is 0 Å². The third-order valence-corrected chi connectivity index (χ3v) is 9.58. The number of nitrogens with zero attached hydrogens (tertiary/aromatic N) is 2. The molecule has 3 aliphatic rings. The molecule has 0 aromatic heterocycles. The van der Waals surface area contributed by atoms with E-state index >= 15 is 0 Å². The van der Waals surface area contributed by atoms with Crippen LogP contribution in [0.25, 0.3) is 0 Å². The van der Waals surface area contributed by atoms with E-state index in [2.05, 4.69) is 4.90 Å². The number of anilines is 1. The largest absolute Gasteiger partial charge is 0.493 e. The molecule has 3 aliphatic heterocycles. The van der Waals surface area contributed by atoms with Gasteiger partial charge in [0, 0.05) is 10.7 Å². The molecular weight excluding hydrogens is 564 g/mol. The van der Waals surface area contributed by atoms with Crippen molar-refractivity contribution in [3.63, 3.8) is 0 Å². The maximum Gasteiger partial charge on any atom is 0.232 e. The minimum atomic E-state index is -0.964. The van der Waals surface area contributed by atoms with Gasteiger partial charge in [0.05, 0.1) is 50.5 Å². The third-order valence-electron chi connectivity index (χ3n) is 9.33. The van der Waals surface area contributed by atoms with Crippen molar-refractivity contribution in [3.8, 4) is 11.5 Å². The number of hydrogen-bond acceptors (Lipinski definition) is 6. The number of rotatable bonds is 8. The van der Waals surface area contributed by atoms with Crippen LogP contribution in [0.2, 0.25) is 5.02 Å². The van der Waals surface area contributed by atoms with Crippen molar-refractivity contribution in [1.82, 2.24) is 4.90 Å². The summed E-state index contributed by atoms with van der Waals surface area (Å²) in [5, 5.41) is 12.4. The molecule has 2 saturated heterocycles. The molecule has 7 nitrogen and oxygen atoms in total. The number of amides is 1. The lowest BCUT2D eigenvalue weighted by molar-refractivity contribution is -0.118. The normalized spacial score (nSPS) is 21.3. The summed E-state index contributed by atoms with van der Waals surface area (Å²) in [7, 11) is 1.62. The molecule has 2 fully saturated rings. The van der Waals surface area contributed by atoms with Gasteiger partial charge in [-0.1, -0.05) is 35.9 Å². The number of methoxy groups -OCH3 is 1.